The zero-order chi connectivity index (χ0) is 15.8. The predicted molar refractivity (Wildman–Crippen MR) is 81.3 cm³/mol. The number of rotatable bonds is 3. The van der Waals surface area contributed by atoms with Crippen molar-refractivity contribution in [1.29, 1.82) is 0 Å². The topological polar surface area (TPSA) is 91.6 Å². The van der Waals surface area contributed by atoms with E-state index in [1.165, 1.54) is 10.9 Å². The molecule has 3 heterocycles. The maximum atomic E-state index is 12.5. The molecule has 4 rings (SSSR count). The van der Waals surface area contributed by atoms with Gasteiger partial charge in [0.2, 0.25) is 0 Å². The summed E-state index contributed by atoms with van der Waals surface area (Å²) in [6, 6.07) is 11.2. The quantitative estimate of drug-likeness (QED) is 0.567. The molecule has 0 aliphatic carbocycles. The van der Waals surface area contributed by atoms with Crippen LogP contribution in [0.3, 0.4) is 0 Å². The fourth-order valence-electron chi connectivity index (χ4n) is 2.36. The summed E-state index contributed by atoms with van der Waals surface area (Å²) in [5, 5.41) is 11.8. The Bertz CT molecular complexity index is 1030. The summed E-state index contributed by atoms with van der Waals surface area (Å²) in [6.45, 7) is 2.07. The molecule has 0 amide bonds. The number of fused-ring (bicyclic) bond motifs is 1. The van der Waals surface area contributed by atoms with Gasteiger partial charge in [0.25, 0.3) is 5.56 Å². The van der Waals surface area contributed by atoms with Gasteiger partial charge in [0.1, 0.15) is 6.33 Å². The second-order valence-corrected chi connectivity index (χ2v) is 5.12. The highest BCUT2D eigenvalue weighted by Gasteiger charge is 2.14. The van der Waals surface area contributed by atoms with E-state index in [2.05, 4.69) is 20.5 Å². The minimum absolute atomic E-state index is 0.215. The minimum atomic E-state index is -0.272. The maximum Gasteiger partial charge on any atom is 0.283 e. The van der Waals surface area contributed by atoms with E-state index >= 15 is 0 Å². The van der Waals surface area contributed by atoms with Crippen molar-refractivity contribution in [3.05, 3.63) is 64.5 Å². The molecule has 1 aromatic carbocycles. The maximum absolute atomic E-state index is 12.5. The van der Waals surface area contributed by atoms with Crippen molar-refractivity contribution < 1.29 is 4.52 Å². The van der Waals surface area contributed by atoms with Gasteiger partial charge in [0, 0.05) is 6.07 Å². The number of aryl methyl sites for hydroxylation is 1. The lowest BCUT2D eigenvalue weighted by Crippen LogP contribution is -2.21. The molecule has 0 unspecified atom stereocenters. The Kier molecular flexibility index (Phi) is 3.00. The summed E-state index contributed by atoms with van der Waals surface area (Å²) in [4.78, 5) is 16.8. The van der Waals surface area contributed by atoms with Crippen LogP contribution in [-0.4, -0.2) is 29.7 Å². The third-order valence-corrected chi connectivity index (χ3v) is 3.43. The van der Waals surface area contributed by atoms with Crippen LogP contribution in [0.5, 0.6) is 0 Å². The van der Waals surface area contributed by atoms with E-state index in [1.807, 2.05) is 37.3 Å². The first-order chi connectivity index (χ1) is 11.2. The van der Waals surface area contributed by atoms with Crippen LogP contribution in [0.25, 0.3) is 16.9 Å². The second-order valence-electron chi connectivity index (χ2n) is 5.12. The fourth-order valence-corrected chi connectivity index (χ4v) is 2.36. The Hall–Kier alpha value is -3.29. The summed E-state index contributed by atoms with van der Waals surface area (Å²) >= 11 is 0. The molecule has 0 atom stereocenters. The van der Waals surface area contributed by atoms with Gasteiger partial charge in [-0.3, -0.25) is 9.36 Å². The lowest BCUT2D eigenvalue weighted by atomic mass is 10.3. The molecular formula is C15H12N6O2. The number of para-hydroxylation sites is 1. The SMILES string of the molecule is Cc1cc(Cn2cnc3c(nnn3-c3ccccc3)c2=O)on1. The van der Waals surface area contributed by atoms with Gasteiger partial charge in [-0.25, -0.2) is 4.98 Å². The summed E-state index contributed by atoms with van der Waals surface area (Å²) < 4.78 is 8.10. The van der Waals surface area contributed by atoms with Gasteiger partial charge in [-0.2, -0.15) is 4.68 Å². The molecule has 0 N–H and O–H groups in total. The van der Waals surface area contributed by atoms with Gasteiger partial charge in [-0.15, -0.1) is 5.10 Å². The van der Waals surface area contributed by atoms with Crippen molar-refractivity contribution >= 4 is 11.2 Å². The first kappa shape index (κ1) is 13.4. The van der Waals surface area contributed by atoms with Crippen LogP contribution in [0.15, 0.2) is 52.0 Å². The highest BCUT2D eigenvalue weighted by Crippen LogP contribution is 2.11. The Morgan fingerprint density at radius 3 is 2.78 bits per heavy atom. The fraction of sp³-hybridized carbons (Fsp3) is 0.133. The van der Waals surface area contributed by atoms with E-state index in [1.54, 1.807) is 10.7 Å². The predicted octanol–water partition coefficient (Wildman–Crippen LogP) is 1.32. The summed E-state index contributed by atoms with van der Waals surface area (Å²) in [6.07, 6.45) is 1.46. The van der Waals surface area contributed by atoms with E-state index in [9.17, 15) is 4.79 Å². The molecule has 0 saturated heterocycles. The van der Waals surface area contributed by atoms with Crippen molar-refractivity contribution in [2.24, 2.45) is 0 Å². The summed E-state index contributed by atoms with van der Waals surface area (Å²) in [5.41, 5.74) is 1.92. The molecule has 0 radical (unpaired) electrons. The van der Waals surface area contributed by atoms with Gasteiger partial charge in [-0.05, 0) is 19.1 Å². The van der Waals surface area contributed by atoms with Gasteiger partial charge in [-0.1, -0.05) is 28.6 Å². The smallest absolute Gasteiger partial charge is 0.283 e. The van der Waals surface area contributed by atoms with E-state index < -0.39 is 0 Å². The van der Waals surface area contributed by atoms with Crippen LogP contribution >= 0.6 is 0 Å². The van der Waals surface area contributed by atoms with Crippen molar-refractivity contribution in [1.82, 2.24) is 29.7 Å². The second kappa shape index (κ2) is 5.16. The van der Waals surface area contributed by atoms with Crippen molar-refractivity contribution in [3.63, 3.8) is 0 Å². The Morgan fingerprint density at radius 2 is 2.04 bits per heavy atom. The van der Waals surface area contributed by atoms with Gasteiger partial charge in [0.15, 0.2) is 16.9 Å². The van der Waals surface area contributed by atoms with Crippen LogP contribution in [0.1, 0.15) is 11.5 Å². The molecule has 0 spiro atoms. The third kappa shape index (κ3) is 2.30. The number of hydrogen-bond acceptors (Lipinski definition) is 6. The Labute approximate surface area is 130 Å². The normalized spacial score (nSPS) is 11.2. The van der Waals surface area contributed by atoms with E-state index in [0.29, 0.717) is 11.4 Å². The number of nitrogens with zero attached hydrogens (tertiary/aromatic N) is 6. The van der Waals surface area contributed by atoms with Crippen LogP contribution < -0.4 is 5.56 Å². The monoisotopic (exact) mass is 308 g/mol. The lowest BCUT2D eigenvalue weighted by Gasteiger charge is -2.03. The van der Waals surface area contributed by atoms with Crippen LogP contribution in [0.2, 0.25) is 0 Å². The van der Waals surface area contributed by atoms with Crippen LogP contribution in [0, 0.1) is 6.92 Å². The zero-order valence-electron chi connectivity index (χ0n) is 12.2. The molecule has 8 heteroatoms. The molecule has 0 fully saturated rings. The summed E-state index contributed by atoms with van der Waals surface area (Å²) in [5.74, 6) is 0.584. The first-order valence-electron chi connectivity index (χ1n) is 7.01. The molecule has 23 heavy (non-hydrogen) atoms. The molecular weight excluding hydrogens is 296 g/mol. The Balaban J connectivity index is 1.79. The number of hydrogen-bond donors (Lipinski definition) is 0. The first-order valence-corrected chi connectivity index (χ1v) is 7.01. The summed E-state index contributed by atoms with van der Waals surface area (Å²) in [7, 11) is 0. The molecule has 0 aliphatic rings. The molecule has 8 nitrogen and oxygen atoms in total. The van der Waals surface area contributed by atoms with E-state index in [0.717, 1.165) is 11.4 Å². The van der Waals surface area contributed by atoms with Gasteiger partial charge < -0.3 is 4.52 Å². The molecule has 3 aromatic heterocycles. The largest absolute Gasteiger partial charge is 0.359 e. The van der Waals surface area contributed by atoms with Crippen molar-refractivity contribution in [3.8, 4) is 5.69 Å². The van der Waals surface area contributed by atoms with Gasteiger partial charge >= 0.3 is 0 Å². The zero-order valence-corrected chi connectivity index (χ0v) is 12.2. The lowest BCUT2D eigenvalue weighted by molar-refractivity contribution is 0.371. The molecule has 0 aliphatic heterocycles. The average Bonchev–Trinajstić information content (AvgIpc) is 3.17. The van der Waals surface area contributed by atoms with Crippen molar-refractivity contribution in [2.45, 2.75) is 13.5 Å². The average molecular weight is 308 g/mol. The third-order valence-electron chi connectivity index (χ3n) is 3.43. The van der Waals surface area contributed by atoms with Gasteiger partial charge in [0.05, 0.1) is 17.9 Å². The molecule has 0 saturated carbocycles. The Morgan fingerprint density at radius 1 is 1.22 bits per heavy atom. The molecule has 4 aromatic rings. The number of aromatic nitrogens is 6. The van der Waals surface area contributed by atoms with Crippen molar-refractivity contribution in [2.75, 3.05) is 0 Å². The van der Waals surface area contributed by atoms with E-state index in [4.69, 9.17) is 4.52 Å². The van der Waals surface area contributed by atoms with E-state index in [-0.39, 0.29) is 17.6 Å². The highest BCUT2D eigenvalue weighted by molar-refractivity contribution is 5.70. The van der Waals surface area contributed by atoms with Crippen LogP contribution in [0.4, 0.5) is 0 Å². The minimum Gasteiger partial charge on any atom is -0.359 e. The number of benzene rings is 1. The van der Waals surface area contributed by atoms with Crippen LogP contribution in [-0.2, 0) is 6.54 Å². The standard InChI is InChI=1S/C15H12N6O2/c1-10-7-12(23-18-10)8-20-9-16-14-13(15(20)22)17-19-21(14)11-5-3-2-4-6-11/h2-7,9H,8H2,1H3. The molecule has 114 valence electrons. The molecule has 0 bridgehead atoms. The highest BCUT2D eigenvalue weighted by atomic mass is 16.5.